The molecule has 0 radical (unpaired) electrons. The minimum absolute atomic E-state index is 0.0813. The maximum atomic E-state index is 11.6. The molecule has 1 aromatic carbocycles. The largest absolute Gasteiger partial charge is 0.465 e. The Labute approximate surface area is 130 Å². The van der Waals surface area contributed by atoms with E-state index in [1.54, 1.807) is 12.1 Å². The highest BCUT2D eigenvalue weighted by Gasteiger charge is 2.49. The molecular weight excluding hydrogens is 302 g/mol. The third-order valence-corrected chi connectivity index (χ3v) is 6.64. The number of benzene rings is 1. The van der Waals surface area contributed by atoms with E-state index in [9.17, 15) is 13.2 Å². The number of rotatable bonds is 3. The summed E-state index contributed by atoms with van der Waals surface area (Å²) in [5.74, 6) is 0. The first-order chi connectivity index (χ1) is 10.2. The van der Waals surface area contributed by atoms with Crippen molar-refractivity contribution in [1.82, 2.24) is 5.32 Å². The average molecular weight is 323 g/mol. The molecule has 1 aromatic rings. The predicted molar refractivity (Wildman–Crippen MR) is 82.8 cm³/mol. The zero-order valence-electron chi connectivity index (χ0n) is 12.6. The van der Waals surface area contributed by atoms with Gasteiger partial charge in [-0.25, -0.2) is 13.2 Å². The molecule has 1 amide bonds. The van der Waals surface area contributed by atoms with E-state index in [1.165, 1.54) is 11.8 Å². The van der Waals surface area contributed by atoms with Crippen LogP contribution in [0, 0.1) is 0 Å². The Balaban J connectivity index is 1.82. The van der Waals surface area contributed by atoms with Crippen LogP contribution in [-0.4, -0.2) is 31.4 Å². The Hall–Kier alpha value is -1.56. The lowest BCUT2D eigenvalue weighted by atomic mass is 9.55. The molecule has 120 valence electrons. The van der Waals surface area contributed by atoms with E-state index >= 15 is 0 Å². The topological polar surface area (TPSA) is 83.5 Å². The number of hydrogen-bond acceptors (Lipinski definition) is 3. The highest BCUT2D eigenvalue weighted by Crippen LogP contribution is 2.53. The van der Waals surface area contributed by atoms with Crippen molar-refractivity contribution in [3.8, 4) is 0 Å². The van der Waals surface area contributed by atoms with Gasteiger partial charge in [-0.05, 0) is 61.6 Å². The summed E-state index contributed by atoms with van der Waals surface area (Å²) in [6, 6.07) is 7.23. The second-order valence-electron chi connectivity index (χ2n) is 6.79. The molecule has 4 rings (SSSR count). The van der Waals surface area contributed by atoms with Crippen molar-refractivity contribution in [2.24, 2.45) is 0 Å². The minimum Gasteiger partial charge on any atom is -0.465 e. The SMILES string of the molecule is CS(=O)(=O)c1ccc(C23CCC(NC(=O)O)(CC2)CC3)cc1. The van der Waals surface area contributed by atoms with Crippen LogP contribution in [0.15, 0.2) is 29.2 Å². The zero-order valence-corrected chi connectivity index (χ0v) is 13.4. The summed E-state index contributed by atoms with van der Waals surface area (Å²) >= 11 is 0. The summed E-state index contributed by atoms with van der Waals surface area (Å²) in [6.45, 7) is 0. The normalized spacial score (nSPS) is 31.0. The van der Waals surface area contributed by atoms with Crippen molar-refractivity contribution in [1.29, 1.82) is 0 Å². The van der Waals surface area contributed by atoms with Crippen LogP contribution in [0.3, 0.4) is 0 Å². The average Bonchev–Trinajstić information content (AvgIpc) is 2.47. The number of hydrogen-bond donors (Lipinski definition) is 2. The summed E-state index contributed by atoms with van der Waals surface area (Å²) in [5, 5.41) is 11.7. The van der Waals surface area contributed by atoms with E-state index in [4.69, 9.17) is 5.11 Å². The third-order valence-electron chi connectivity index (χ3n) is 5.51. The van der Waals surface area contributed by atoms with Crippen LogP contribution in [-0.2, 0) is 15.3 Å². The molecule has 0 unspecified atom stereocenters. The number of amides is 1. The fraction of sp³-hybridized carbons (Fsp3) is 0.562. The molecule has 0 spiro atoms. The van der Waals surface area contributed by atoms with Gasteiger partial charge in [-0.1, -0.05) is 12.1 Å². The van der Waals surface area contributed by atoms with Crippen LogP contribution in [0.5, 0.6) is 0 Å². The van der Waals surface area contributed by atoms with Gasteiger partial charge in [0.05, 0.1) is 4.90 Å². The molecular formula is C16H21NO4S. The number of sulfone groups is 1. The van der Waals surface area contributed by atoms with Gasteiger partial charge >= 0.3 is 6.09 Å². The van der Waals surface area contributed by atoms with E-state index in [-0.39, 0.29) is 11.0 Å². The third kappa shape index (κ3) is 2.60. The van der Waals surface area contributed by atoms with Crippen molar-refractivity contribution in [3.63, 3.8) is 0 Å². The Morgan fingerprint density at radius 1 is 1.05 bits per heavy atom. The van der Waals surface area contributed by atoms with Gasteiger partial charge < -0.3 is 10.4 Å². The molecule has 2 bridgehead atoms. The van der Waals surface area contributed by atoms with Crippen LogP contribution < -0.4 is 5.32 Å². The molecule has 0 aromatic heterocycles. The van der Waals surface area contributed by atoms with E-state index in [2.05, 4.69) is 5.32 Å². The molecule has 3 aliphatic carbocycles. The van der Waals surface area contributed by atoms with Crippen molar-refractivity contribution in [3.05, 3.63) is 29.8 Å². The summed E-state index contributed by atoms with van der Waals surface area (Å²) in [5.41, 5.74) is 1.02. The van der Waals surface area contributed by atoms with Gasteiger partial charge in [-0.3, -0.25) is 0 Å². The van der Waals surface area contributed by atoms with E-state index < -0.39 is 15.9 Å². The van der Waals surface area contributed by atoms with Gasteiger partial charge in [0, 0.05) is 11.8 Å². The van der Waals surface area contributed by atoms with Gasteiger partial charge in [0.25, 0.3) is 0 Å². The monoisotopic (exact) mass is 323 g/mol. The van der Waals surface area contributed by atoms with Crippen LogP contribution in [0.25, 0.3) is 0 Å². The smallest absolute Gasteiger partial charge is 0.405 e. The van der Waals surface area contributed by atoms with Gasteiger partial charge in [0.1, 0.15) is 0 Å². The number of nitrogens with one attached hydrogen (secondary N) is 1. The summed E-state index contributed by atoms with van der Waals surface area (Å²) in [6.07, 6.45) is 5.69. The van der Waals surface area contributed by atoms with Crippen molar-refractivity contribution >= 4 is 15.9 Å². The van der Waals surface area contributed by atoms with E-state index in [0.717, 1.165) is 38.5 Å². The highest BCUT2D eigenvalue weighted by molar-refractivity contribution is 7.90. The molecule has 3 fully saturated rings. The second kappa shape index (κ2) is 4.98. The fourth-order valence-corrected chi connectivity index (χ4v) is 4.72. The molecule has 0 atom stereocenters. The number of fused-ring (bicyclic) bond motifs is 3. The van der Waals surface area contributed by atoms with Crippen molar-refractivity contribution in [2.75, 3.05) is 6.26 Å². The lowest BCUT2D eigenvalue weighted by Crippen LogP contribution is -2.57. The Morgan fingerprint density at radius 3 is 1.95 bits per heavy atom. The van der Waals surface area contributed by atoms with E-state index in [0.29, 0.717) is 4.90 Å². The first-order valence-electron chi connectivity index (χ1n) is 7.57. The zero-order chi connectivity index (χ0) is 16.0. The Kier molecular flexibility index (Phi) is 3.47. The highest BCUT2D eigenvalue weighted by atomic mass is 32.2. The molecule has 3 saturated carbocycles. The van der Waals surface area contributed by atoms with Gasteiger partial charge in [-0.2, -0.15) is 0 Å². The van der Waals surface area contributed by atoms with Gasteiger partial charge in [0.15, 0.2) is 9.84 Å². The predicted octanol–water partition coefficient (Wildman–Crippen LogP) is 2.70. The van der Waals surface area contributed by atoms with Crippen LogP contribution >= 0.6 is 0 Å². The first kappa shape index (κ1) is 15.3. The van der Waals surface area contributed by atoms with E-state index in [1.807, 2.05) is 12.1 Å². The fourth-order valence-electron chi connectivity index (χ4n) is 4.09. The number of carboxylic acid groups (broad SMARTS) is 1. The van der Waals surface area contributed by atoms with Crippen molar-refractivity contribution in [2.45, 2.75) is 54.4 Å². The quantitative estimate of drug-likeness (QED) is 0.896. The molecule has 3 aliphatic rings. The van der Waals surface area contributed by atoms with Gasteiger partial charge in [0.2, 0.25) is 0 Å². The Bertz CT molecular complexity index is 669. The van der Waals surface area contributed by atoms with Crippen LogP contribution in [0.2, 0.25) is 0 Å². The van der Waals surface area contributed by atoms with Crippen LogP contribution in [0.1, 0.15) is 44.1 Å². The van der Waals surface area contributed by atoms with Gasteiger partial charge in [-0.15, -0.1) is 0 Å². The lowest BCUT2D eigenvalue weighted by Gasteiger charge is -2.53. The number of carbonyl (C=O) groups is 1. The van der Waals surface area contributed by atoms with Crippen molar-refractivity contribution < 1.29 is 18.3 Å². The molecule has 22 heavy (non-hydrogen) atoms. The minimum atomic E-state index is -3.17. The molecule has 0 aliphatic heterocycles. The molecule has 0 saturated heterocycles. The maximum absolute atomic E-state index is 11.6. The standard InChI is InChI=1S/C16H21NO4S/c1-22(20,21)13-4-2-12(3-5-13)15-6-9-16(10-7-15,11-8-15)17-14(18)19/h2-5,17H,6-11H2,1H3,(H,18,19). The first-order valence-corrected chi connectivity index (χ1v) is 9.46. The summed E-state index contributed by atoms with van der Waals surface area (Å²) in [7, 11) is -3.17. The molecule has 2 N–H and O–H groups in total. The Morgan fingerprint density at radius 2 is 1.55 bits per heavy atom. The lowest BCUT2D eigenvalue weighted by molar-refractivity contribution is 0.0747. The summed E-state index contributed by atoms with van der Waals surface area (Å²) in [4.78, 5) is 11.3. The molecule has 0 heterocycles. The maximum Gasteiger partial charge on any atom is 0.405 e. The molecule has 5 nitrogen and oxygen atoms in total. The molecule has 6 heteroatoms. The second-order valence-corrected chi connectivity index (χ2v) is 8.80. The van der Waals surface area contributed by atoms with Crippen LogP contribution in [0.4, 0.5) is 4.79 Å². The summed E-state index contributed by atoms with van der Waals surface area (Å²) < 4.78 is 23.1.